The van der Waals surface area contributed by atoms with Gasteiger partial charge in [-0.3, -0.25) is 4.98 Å². The van der Waals surface area contributed by atoms with E-state index < -0.39 is 0 Å². The lowest BCUT2D eigenvalue weighted by Gasteiger charge is -2.02. The molecule has 3 rings (SSSR count). The van der Waals surface area contributed by atoms with Crippen LogP contribution in [0.5, 0.6) is 0 Å². The van der Waals surface area contributed by atoms with Gasteiger partial charge in [-0.05, 0) is 18.6 Å². The topological polar surface area (TPSA) is 30.7 Å². The first-order chi connectivity index (χ1) is 13.3. The van der Waals surface area contributed by atoms with Crippen molar-refractivity contribution in [1.29, 1.82) is 0 Å². The summed E-state index contributed by atoms with van der Waals surface area (Å²) in [6.45, 7) is 2.28. The number of aromatic nitrogens is 3. The van der Waals surface area contributed by atoms with Crippen molar-refractivity contribution in [2.75, 3.05) is 0 Å². The molecule has 0 saturated carbocycles. The van der Waals surface area contributed by atoms with E-state index in [0.717, 1.165) is 11.9 Å². The molecule has 0 spiro atoms. The average Bonchev–Trinajstić information content (AvgIpc) is 3.12. The number of aryl methyl sites for hydroxylation is 2. The highest BCUT2D eigenvalue weighted by molar-refractivity contribution is 5.77. The van der Waals surface area contributed by atoms with Crippen molar-refractivity contribution >= 4 is 10.9 Å². The summed E-state index contributed by atoms with van der Waals surface area (Å²) in [6, 6.07) is 12.1. The van der Waals surface area contributed by atoms with Gasteiger partial charge in [-0.1, -0.05) is 82.6 Å². The minimum Gasteiger partial charge on any atom is -0.338 e. The van der Waals surface area contributed by atoms with E-state index in [1.807, 2.05) is 42.9 Å². The molecule has 0 N–H and O–H groups in total. The van der Waals surface area contributed by atoms with E-state index in [4.69, 9.17) is 0 Å². The van der Waals surface area contributed by atoms with Crippen LogP contribution in [0.2, 0.25) is 0 Å². The lowest BCUT2D eigenvalue weighted by atomic mass is 10.1. The molecule has 2 heterocycles. The number of para-hydroxylation sites is 1. The molecule has 0 unspecified atom stereocenters. The van der Waals surface area contributed by atoms with Crippen molar-refractivity contribution in [2.45, 2.75) is 71.1 Å². The average molecular weight is 366 g/mol. The zero-order chi connectivity index (χ0) is 19.2. The Morgan fingerprint density at radius 1 is 0.741 bits per heavy atom. The van der Waals surface area contributed by atoms with Crippen LogP contribution in [0.3, 0.4) is 0 Å². The van der Waals surface area contributed by atoms with E-state index in [2.05, 4.69) is 40.6 Å². The van der Waals surface area contributed by atoms with Crippen LogP contribution >= 0.6 is 0 Å². The van der Waals surface area contributed by atoms with Gasteiger partial charge in [-0.15, -0.1) is 0 Å². The van der Waals surface area contributed by atoms with Gasteiger partial charge in [0.2, 0.25) is 0 Å². The molecule has 2 aromatic heterocycles. The maximum atomic E-state index is 4.35. The second-order valence-corrected chi connectivity index (χ2v) is 7.23. The molecule has 3 aromatic rings. The third-order valence-electron chi connectivity index (χ3n) is 4.94. The summed E-state index contributed by atoms with van der Waals surface area (Å²) in [5.41, 5.74) is 1.06. The summed E-state index contributed by atoms with van der Waals surface area (Å²) in [5, 5.41) is 1.20. The Labute approximate surface area is 164 Å². The molecular weight excluding hydrogens is 330 g/mol. The highest BCUT2D eigenvalue weighted by Crippen LogP contribution is 2.11. The van der Waals surface area contributed by atoms with Crippen LogP contribution in [-0.4, -0.2) is 14.5 Å². The summed E-state index contributed by atoms with van der Waals surface area (Å²) in [7, 11) is 2.08. The Morgan fingerprint density at radius 2 is 1.41 bits per heavy atom. The number of nitrogens with zero attached hydrogens (tertiary/aromatic N) is 3. The molecule has 3 nitrogen and oxygen atoms in total. The molecule has 0 amide bonds. The van der Waals surface area contributed by atoms with Crippen molar-refractivity contribution in [1.82, 2.24) is 14.5 Å². The molecule has 146 valence electrons. The van der Waals surface area contributed by atoms with Gasteiger partial charge in [0.25, 0.3) is 0 Å². The van der Waals surface area contributed by atoms with Crippen molar-refractivity contribution in [3.05, 3.63) is 60.8 Å². The lowest BCUT2D eigenvalue weighted by molar-refractivity contribution is 0.560. The van der Waals surface area contributed by atoms with Crippen LogP contribution in [0, 0.1) is 0 Å². The smallest absolute Gasteiger partial charge is 0.108 e. The minimum absolute atomic E-state index is 1.06. The van der Waals surface area contributed by atoms with E-state index >= 15 is 0 Å². The Hall–Kier alpha value is -2.16. The predicted octanol–water partition coefficient (Wildman–Crippen LogP) is 6.73. The van der Waals surface area contributed by atoms with Gasteiger partial charge in [0.05, 0.1) is 5.52 Å². The predicted molar refractivity (Wildman–Crippen MR) is 116 cm³/mol. The molecule has 0 fully saturated rings. The number of rotatable bonds is 10. The van der Waals surface area contributed by atoms with Gasteiger partial charge in [0.15, 0.2) is 0 Å². The first kappa shape index (κ1) is 21.1. The lowest BCUT2D eigenvalue weighted by Crippen LogP contribution is -1.96. The Kier molecular flexibility index (Phi) is 10.2. The molecule has 1 aromatic carbocycles. The monoisotopic (exact) mass is 365 g/mol. The van der Waals surface area contributed by atoms with Gasteiger partial charge in [0, 0.05) is 37.4 Å². The summed E-state index contributed by atoms with van der Waals surface area (Å²) < 4.78 is 2.13. The van der Waals surface area contributed by atoms with E-state index in [1.54, 1.807) is 0 Å². The Bertz CT molecular complexity index is 682. The number of fused-ring (bicyclic) bond motifs is 1. The maximum Gasteiger partial charge on any atom is 0.108 e. The van der Waals surface area contributed by atoms with Gasteiger partial charge in [-0.25, -0.2) is 4.98 Å². The van der Waals surface area contributed by atoms with Gasteiger partial charge in [0.1, 0.15) is 5.82 Å². The van der Waals surface area contributed by atoms with Gasteiger partial charge >= 0.3 is 0 Å². The fourth-order valence-corrected chi connectivity index (χ4v) is 3.25. The molecule has 0 atom stereocenters. The maximum absolute atomic E-state index is 4.35. The van der Waals surface area contributed by atoms with Crippen molar-refractivity contribution < 1.29 is 0 Å². The molecule has 0 saturated heterocycles. The van der Waals surface area contributed by atoms with E-state index in [-0.39, 0.29) is 0 Å². The van der Waals surface area contributed by atoms with Crippen molar-refractivity contribution in [2.24, 2.45) is 7.05 Å². The van der Waals surface area contributed by atoms with Gasteiger partial charge in [-0.2, -0.15) is 0 Å². The largest absolute Gasteiger partial charge is 0.338 e. The third-order valence-corrected chi connectivity index (χ3v) is 4.94. The molecular formula is C24H35N3. The minimum atomic E-state index is 1.06. The first-order valence-corrected chi connectivity index (χ1v) is 10.6. The quantitative estimate of drug-likeness (QED) is 0.373. The van der Waals surface area contributed by atoms with E-state index in [0.29, 0.717) is 0 Å². The third kappa shape index (κ3) is 8.38. The standard InChI is InChI=1S/C15H28N2.C9H7N/c1-3-4-5-6-7-8-9-10-11-12-15-16-13-14-17(15)2;1-2-6-9-8(4-1)5-3-7-10-9/h13-14H,3-12H2,1-2H3;1-7H. The van der Waals surface area contributed by atoms with Crippen LogP contribution in [0.25, 0.3) is 10.9 Å². The summed E-state index contributed by atoms with van der Waals surface area (Å²) in [4.78, 5) is 8.53. The van der Waals surface area contributed by atoms with Crippen LogP contribution in [-0.2, 0) is 13.5 Å². The van der Waals surface area contributed by atoms with Crippen molar-refractivity contribution in [3.63, 3.8) is 0 Å². The highest BCUT2D eigenvalue weighted by atomic mass is 15.0. The number of pyridine rings is 1. The van der Waals surface area contributed by atoms with Crippen LogP contribution in [0.15, 0.2) is 55.0 Å². The summed E-state index contributed by atoms with van der Waals surface area (Å²) in [5.74, 6) is 1.23. The molecule has 3 heteroatoms. The molecule has 0 radical (unpaired) electrons. The zero-order valence-electron chi connectivity index (χ0n) is 17.1. The molecule has 0 aliphatic rings. The van der Waals surface area contributed by atoms with Crippen LogP contribution in [0.1, 0.15) is 70.5 Å². The number of benzene rings is 1. The van der Waals surface area contributed by atoms with Gasteiger partial charge < -0.3 is 4.57 Å². The number of imidazole rings is 1. The SMILES string of the molecule is CCCCCCCCCCCc1nccn1C.c1ccc2ncccc2c1. The number of hydrogen-bond donors (Lipinski definition) is 0. The second kappa shape index (κ2) is 13.1. The van der Waals surface area contributed by atoms with E-state index in [1.165, 1.54) is 69.0 Å². The molecule has 27 heavy (non-hydrogen) atoms. The summed E-state index contributed by atoms with van der Waals surface area (Å²) >= 11 is 0. The fraction of sp³-hybridized carbons (Fsp3) is 0.500. The van der Waals surface area contributed by atoms with Crippen LogP contribution < -0.4 is 0 Å². The normalized spacial score (nSPS) is 10.6. The highest BCUT2D eigenvalue weighted by Gasteiger charge is 1.98. The van der Waals surface area contributed by atoms with Crippen LogP contribution in [0.4, 0.5) is 0 Å². The molecule has 0 aliphatic heterocycles. The second-order valence-electron chi connectivity index (χ2n) is 7.23. The molecule has 0 bridgehead atoms. The summed E-state index contributed by atoms with van der Waals surface area (Å²) in [6.07, 6.45) is 19.4. The number of unbranched alkanes of at least 4 members (excludes halogenated alkanes) is 8. The Balaban J connectivity index is 0.000000219. The molecule has 0 aliphatic carbocycles. The Morgan fingerprint density at radius 3 is 2.07 bits per heavy atom. The van der Waals surface area contributed by atoms with Crippen molar-refractivity contribution in [3.8, 4) is 0 Å². The zero-order valence-corrected chi connectivity index (χ0v) is 17.1. The fourth-order valence-electron chi connectivity index (χ4n) is 3.25. The first-order valence-electron chi connectivity index (χ1n) is 10.6. The number of hydrogen-bond acceptors (Lipinski definition) is 2. The van der Waals surface area contributed by atoms with E-state index in [9.17, 15) is 0 Å².